The van der Waals surface area contributed by atoms with Crippen molar-refractivity contribution >= 4 is 22.7 Å². The molecule has 206 valence electrons. The van der Waals surface area contributed by atoms with Crippen LogP contribution in [0.1, 0.15) is 25.0 Å². The van der Waals surface area contributed by atoms with E-state index in [1.165, 1.54) is 24.4 Å². The van der Waals surface area contributed by atoms with Crippen LogP contribution in [-0.2, 0) is 10.9 Å². The van der Waals surface area contributed by atoms with Crippen molar-refractivity contribution in [3.8, 4) is 34.4 Å². The van der Waals surface area contributed by atoms with Gasteiger partial charge in [0.1, 0.15) is 47.2 Å². The monoisotopic (exact) mass is 551 g/mol. The summed E-state index contributed by atoms with van der Waals surface area (Å²) in [6.45, 7) is 3.60. The van der Waals surface area contributed by atoms with E-state index in [9.17, 15) is 23.5 Å². The quantitative estimate of drug-likeness (QED) is 0.263. The molecule has 0 saturated carbocycles. The summed E-state index contributed by atoms with van der Waals surface area (Å²) in [6, 6.07) is 11.7. The molecule has 40 heavy (non-hydrogen) atoms. The van der Waals surface area contributed by atoms with E-state index in [1.54, 1.807) is 24.4 Å². The number of alkyl halides is 3. The van der Waals surface area contributed by atoms with Gasteiger partial charge < -0.3 is 29.6 Å². The number of halogens is 3. The highest BCUT2D eigenvalue weighted by Gasteiger charge is 2.35. The van der Waals surface area contributed by atoms with E-state index in [0.29, 0.717) is 33.5 Å². The van der Waals surface area contributed by atoms with Crippen molar-refractivity contribution in [3.63, 3.8) is 0 Å². The molecule has 0 aliphatic carbocycles. The summed E-state index contributed by atoms with van der Waals surface area (Å²) in [5, 5.41) is 22.0. The number of aliphatic imine (C=N–C) groups is 1. The number of amidine groups is 1. The average molecular weight is 552 g/mol. The van der Waals surface area contributed by atoms with Crippen molar-refractivity contribution in [2.45, 2.75) is 32.2 Å². The van der Waals surface area contributed by atoms with Gasteiger partial charge in [-0.3, -0.25) is 0 Å². The van der Waals surface area contributed by atoms with Crippen LogP contribution in [0.4, 0.5) is 18.9 Å². The molecule has 9 nitrogen and oxygen atoms in total. The van der Waals surface area contributed by atoms with Gasteiger partial charge in [-0.2, -0.15) is 18.4 Å². The Bertz CT molecular complexity index is 1620. The minimum absolute atomic E-state index is 0.0233. The standard InChI is InChI=1S/C28H24F3N5O4/c1-15(2)39-22-5-3-16(9-17(22)11-32)20-12-34-26-25(20)24(7-8-33-26)40-23-6-4-18(10-21(23)28(29,30)31)35-27-36-19(13-37)14-38-27/h3-10,12,15,19,37H,13-14H2,1-2H3,(H,33,34)(H,35,36)/t19-/m1/s1. The highest BCUT2D eigenvalue weighted by Crippen LogP contribution is 2.43. The van der Waals surface area contributed by atoms with E-state index >= 15 is 0 Å². The molecular formula is C28H24F3N5O4. The number of aliphatic hydroxyl groups excluding tert-OH is 1. The number of fused-ring (bicyclic) bond motifs is 1. The van der Waals surface area contributed by atoms with Gasteiger partial charge in [0.2, 0.25) is 0 Å². The molecule has 0 radical (unpaired) electrons. The van der Waals surface area contributed by atoms with E-state index in [-0.39, 0.29) is 36.8 Å². The lowest BCUT2D eigenvalue weighted by atomic mass is 10.0. The van der Waals surface area contributed by atoms with Crippen molar-refractivity contribution in [1.29, 1.82) is 5.26 Å². The Hall–Kier alpha value is -4.76. The second-order valence-electron chi connectivity index (χ2n) is 9.24. The lowest BCUT2D eigenvalue weighted by Crippen LogP contribution is -2.14. The number of aromatic amines is 1. The molecule has 0 fully saturated rings. The van der Waals surface area contributed by atoms with E-state index in [1.807, 2.05) is 13.8 Å². The number of nitrogens with zero attached hydrogens (tertiary/aromatic N) is 3. The second kappa shape index (κ2) is 10.8. The Kier molecular flexibility index (Phi) is 7.23. The molecule has 1 aliphatic rings. The number of benzene rings is 2. The number of hydrogen-bond donors (Lipinski definition) is 3. The SMILES string of the molecule is CC(C)Oc1ccc(-c2c[nH]c3nccc(Oc4ccc(NC5=N[C@H](CO)CO5)cc4C(F)(F)F)c23)cc1C#N. The van der Waals surface area contributed by atoms with Gasteiger partial charge in [-0.1, -0.05) is 6.07 Å². The number of pyridine rings is 1. The first-order chi connectivity index (χ1) is 19.2. The molecular weight excluding hydrogens is 527 g/mol. The van der Waals surface area contributed by atoms with Crippen LogP contribution in [0.25, 0.3) is 22.2 Å². The van der Waals surface area contributed by atoms with E-state index in [2.05, 4.69) is 26.3 Å². The van der Waals surface area contributed by atoms with E-state index < -0.39 is 23.5 Å². The topological polar surface area (TPSA) is 125 Å². The minimum atomic E-state index is -4.74. The number of ether oxygens (including phenoxy) is 3. The van der Waals surface area contributed by atoms with E-state index in [0.717, 1.165) is 6.07 Å². The predicted octanol–water partition coefficient (Wildman–Crippen LogP) is 5.86. The first-order valence-electron chi connectivity index (χ1n) is 12.3. The maximum Gasteiger partial charge on any atom is 0.420 e. The first-order valence-corrected chi connectivity index (χ1v) is 12.3. The second-order valence-corrected chi connectivity index (χ2v) is 9.24. The number of nitriles is 1. The highest BCUT2D eigenvalue weighted by molar-refractivity contribution is 5.98. The maximum atomic E-state index is 14.1. The molecule has 0 spiro atoms. The number of hydrogen-bond acceptors (Lipinski definition) is 8. The Morgan fingerprint density at radius 3 is 2.67 bits per heavy atom. The minimum Gasteiger partial charge on any atom is -0.490 e. The number of aromatic nitrogens is 2. The number of aliphatic hydroxyl groups is 1. The number of anilines is 1. The Labute approximate surface area is 226 Å². The summed E-state index contributed by atoms with van der Waals surface area (Å²) in [7, 11) is 0. The number of rotatable bonds is 7. The summed E-state index contributed by atoms with van der Waals surface area (Å²) < 4.78 is 59.2. The molecule has 0 bridgehead atoms. The van der Waals surface area contributed by atoms with Gasteiger partial charge in [-0.05, 0) is 55.8 Å². The van der Waals surface area contributed by atoms with Gasteiger partial charge in [-0.15, -0.1) is 0 Å². The Balaban J connectivity index is 1.52. The van der Waals surface area contributed by atoms with Crippen molar-refractivity contribution in [1.82, 2.24) is 9.97 Å². The van der Waals surface area contributed by atoms with Gasteiger partial charge in [0.25, 0.3) is 6.02 Å². The summed E-state index contributed by atoms with van der Waals surface area (Å²) >= 11 is 0. The fourth-order valence-corrected chi connectivity index (χ4v) is 4.22. The van der Waals surface area contributed by atoms with Crippen LogP contribution >= 0.6 is 0 Å². The fraction of sp³-hybridized carbons (Fsp3) is 0.250. The number of nitrogens with one attached hydrogen (secondary N) is 2. The van der Waals surface area contributed by atoms with Gasteiger partial charge in [0.05, 0.1) is 23.7 Å². The van der Waals surface area contributed by atoms with Crippen LogP contribution in [0.3, 0.4) is 0 Å². The molecule has 2 aromatic heterocycles. The average Bonchev–Trinajstić information content (AvgIpc) is 3.56. The zero-order valence-corrected chi connectivity index (χ0v) is 21.4. The smallest absolute Gasteiger partial charge is 0.420 e. The third-order valence-corrected chi connectivity index (χ3v) is 5.99. The van der Waals surface area contributed by atoms with Crippen molar-refractivity contribution in [3.05, 3.63) is 66.0 Å². The molecule has 2 aromatic carbocycles. The van der Waals surface area contributed by atoms with Gasteiger partial charge in [0, 0.05) is 23.6 Å². The normalized spacial score (nSPS) is 15.1. The maximum absolute atomic E-state index is 14.1. The third-order valence-electron chi connectivity index (χ3n) is 5.99. The zero-order chi connectivity index (χ0) is 28.4. The largest absolute Gasteiger partial charge is 0.490 e. The van der Waals surface area contributed by atoms with Crippen LogP contribution in [0, 0.1) is 11.3 Å². The van der Waals surface area contributed by atoms with E-state index in [4.69, 9.17) is 14.2 Å². The lowest BCUT2D eigenvalue weighted by molar-refractivity contribution is -0.138. The van der Waals surface area contributed by atoms with Crippen LogP contribution in [-0.4, -0.2) is 46.5 Å². The van der Waals surface area contributed by atoms with Crippen LogP contribution in [0.2, 0.25) is 0 Å². The van der Waals surface area contributed by atoms with Crippen molar-refractivity contribution in [2.75, 3.05) is 18.5 Å². The van der Waals surface area contributed by atoms with Gasteiger partial charge >= 0.3 is 6.18 Å². The molecule has 12 heteroatoms. The molecule has 3 heterocycles. The molecule has 5 rings (SSSR count). The zero-order valence-electron chi connectivity index (χ0n) is 21.4. The fourth-order valence-electron chi connectivity index (χ4n) is 4.22. The summed E-state index contributed by atoms with van der Waals surface area (Å²) in [5.41, 5.74) is 1.01. The molecule has 1 aliphatic heterocycles. The van der Waals surface area contributed by atoms with Crippen LogP contribution in [0.15, 0.2) is 59.9 Å². The Morgan fingerprint density at radius 2 is 1.98 bits per heavy atom. The van der Waals surface area contributed by atoms with Gasteiger partial charge in [0.15, 0.2) is 0 Å². The summed E-state index contributed by atoms with van der Waals surface area (Å²) in [6.07, 6.45) is -1.78. The Morgan fingerprint density at radius 1 is 1.18 bits per heavy atom. The predicted molar refractivity (Wildman–Crippen MR) is 141 cm³/mol. The molecule has 0 amide bonds. The van der Waals surface area contributed by atoms with Crippen LogP contribution < -0.4 is 14.8 Å². The highest BCUT2D eigenvalue weighted by atomic mass is 19.4. The molecule has 0 unspecified atom stereocenters. The molecule has 4 aromatic rings. The molecule has 0 saturated heterocycles. The van der Waals surface area contributed by atoms with Gasteiger partial charge in [-0.25, -0.2) is 9.98 Å². The van der Waals surface area contributed by atoms with Crippen LogP contribution in [0.5, 0.6) is 17.2 Å². The first kappa shape index (κ1) is 26.8. The summed E-state index contributed by atoms with van der Waals surface area (Å²) in [4.78, 5) is 11.4. The third kappa shape index (κ3) is 5.50. The molecule has 3 N–H and O–H groups in total. The lowest BCUT2D eigenvalue weighted by Gasteiger charge is -2.16. The molecule has 1 atom stereocenters. The van der Waals surface area contributed by atoms with Crippen molar-refractivity contribution < 1.29 is 32.5 Å². The summed E-state index contributed by atoms with van der Waals surface area (Å²) in [5.74, 6) is 0.154. The number of H-pyrrole nitrogens is 1. The van der Waals surface area contributed by atoms with Crippen molar-refractivity contribution in [2.24, 2.45) is 4.99 Å².